The third-order valence-corrected chi connectivity index (χ3v) is 4.85. The van der Waals surface area contributed by atoms with Gasteiger partial charge in [0.15, 0.2) is 0 Å². The number of methoxy groups -OCH3 is 1. The van der Waals surface area contributed by atoms with Crippen LogP contribution in [0, 0.1) is 0 Å². The van der Waals surface area contributed by atoms with Gasteiger partial charge in [-0.3, -0.25) is 4.79 Å². The Morgan fingerprint density at radius 1 is 1.10 bits per heavy atom. The fourth-order valence-electron chi connectivity index (χ4n) is 3.48. The Kier molecular flexibility index (Phi) is 6.93. The molecular weight excluding hydrogens is 266 g/mol. The molecule has 1 atom stereocenters. The first-order valence-corrected chi connectivity index (χ1v) is 8.48. The minimum atomic E-state index is 0.129. The molecule has 2 heterocycles. The van der Waals surface area contributed by atoms with Crippen LogP contribution in [0.5, 0.6) is 0 Å². The van der Waals surface area contributed by atoms with Gasteiger partial charge in [0.05, 0.1) is 0 Å². The maximum atomic E-state index is 11.8. The van der Waals surface area contributed by atoms with Crippen LogP contribution in [0.1, 0.15) is 39.0 Å². The third-order valence-electron chi connectivity index (χ3n) is 4.85. The summed E-state index contributed by atoms with van der Waals surface area (Å²) in [5, 5.41) is 3.84. The molecule has 122 valence electrons. The van der Waals surface area contributed by atoms with Gasteiger partial charge in [-0.15, -0.1) is 0 Å². The number of rotatable bonds is 5. The number of hydrogen-bond acceptors (Lipinski definition) is 4. The van der Waals surface area contributed by atoms with Crippen molar-refractivity contribution in [2.24, 2.45) is 0 Å². The standard InChI is InChI=1S/C16H31N3O2/c1-3-18-9-4-5-14(6-10-18)17-15-7-11-19(12-8-15)16(20)13-21-2/h14-15,17H,3-13H2,1-2H3. The Bertz CT molecular complexity index is 317. The summed E-state index contributed by atoms with van der Waals surface area (Å²) in [5.41, 5.74) is 0. The summed E-state index contributed by atoms with van der Waals surface area (Å²) in [7, 11) is 1.58. The summed E-state index contributed by atoms with van der Waals surface area (Å²) >= 11 is 0. The molecule has 1 unspecified atom stereocenters. The summed E-state index contributed by atoms with van der Waals surface area (Å²) in [5.74, 6) is 0.129. The number of piperidine rings is 1. The van der Waals surface area contributed by atoms with Gasteiger partial charge < -0.3 is 19.9 Å². The van der Waals surface area contributed by atoms with E-state index in [-0.39, 0.29) is 12.5 Å². The Hall–Kier alpha value is -0.650. The van der Waals surface area contributed by atoms with Crippen molar-refractivity contribution < 1.29 is 9.53 Å². The maximum Gasteiger partial charge on any atom is 0.248 e. The number of nitrogens with zero attached hydrogens (tertiary/aromatic N) is 2. The molecule has 1 N–H and O–H groups in total. The predicted octanol–water partition coefficient (Wildman–Crippen LogP) is 1.09. The Labute approximate surface area is 129 Å². The lowest BCUT2D eigenvalue weighted by Crippen LogP contribution is -2.48. The van der Waals surface area contributed by atoms with Crippen LogP contribution in [0.4, 0.5) is 0 Å². The van der Waals surface area contributed by atoms with Crippen LogP contribution in [-0.2, 0) is 9.53 Å². The molecule has 0 saturated carbocycles. The average molecular weight is 297 g/mol. The molecular formula is C16H31N3O2. The van der Waals surface area contributed by atoms with E-state index >= 15 is 0 Å². The van der Waals surface area contributed by atoms with Gasteiger partial charge >= 0.3 is 0 Å². The van der Waals surface area contributed by atoms with Crippen LogP contribution in [0.3, 0.4) is 0 Å². The number of amides is 1. The van der Waals surface area contributed by atoms with Crippen molar-refractivity contribution in [3.63, 3.8) is 0 Å². The zero-order valence-corrected chi connectivity index (χ0v) is 13.6. The lowest BCUT2D eigenvalue weighted by Gasteiger charge is -2.34. The highest BCUT2D eigenvalue weighted by Crippen LogP contribution is 2.16. The lowest BCUT2D eigenvalue weighted by molar-refractivity contribution is -0.136. The van der Waals surface area contributed by atoms with Crippen molar-refractivity contribution >= 4 is 5.91 Å². The molecule has 0 aromatic carbocycles. The fourth-order valence-corrected chi connectivity index (χ4v) is 3.48. The van der Waals surface area contributed by atoms with Crippen LogP contribution in [0.2, 0.25) is 0 Å². The van der Waals surface area contributed by atoms with Crippen molar-refractivity contribution in [3.8, 4) is 0 Å². The molecule has 2 fully saturated rings. The van der Waals surface area contributed by atoms with Gasteiger partial charge in [-0.2, -0.15) is 0 Å². The van der Waals surface area contributed by atoms with Gasteiger partial charge in [0, 0.05) is 32.3 Å². The molecule has 0 aromatic heterocycles. The fraction of sp³-hybridized carbons (Fsp3) is 0.938. The summed E-state index contributed by atoms with van der Waals surface area (Å²) in [4.78, 5) is 16.3. The van der Waals surface area contributed by atoms with E-state index in [0.717, 1.165) is 25.9 Å². The van der Waals surface area contributed by atoms with Crippen LogP contribution < -0.4 is 5.32 Å². The maximum absolute atomic E-state index is 11.8. The van der Waals surface area contributed by atoms with Gasteiger partial charge in [-0.25, -0.2) is 0 Å². The molecule has 2 saturated heterocycles. The molecule has 0 radical (unpaired) electrons. The Balaban J connectivity index is 1.69. The first kappa shape index (κ1) is 16.7. The lowest BCUT2D eigenvalue weighted by atomic mass is 10.0. The number of hydrogen-bond donors (Lipinski definition) is 1. The second-order valence-electron chi connectivity index (χ2n) is 6.32. The quantitative estimate of drug-likeness (QED) is 0.825. The molecule has 1 amide bonds. The monoisotopic (exact) mass is 297 g/mol. The Morgan fingerprint density at radius 3 is 2.43 bits per heavy atom. The highest BCUT2D eigenvalue weighted by Gasteiger charge is 2.25. The van der Waals surface area contributed by atoms with Crippen molar-refractivity contribution in [3.05, 3.63) is 0 Å². The normalized spacial score (nSPS) is 25.8. The van der Waals surface area contributed by atoms with Gasteiger partial charge in [-0.1, -0.05) is 6.92 Å². The molecule has 0 bridgehead atoms. The van der Waals surface area contributed by atoms with Crippen molar-refractivity contribution in [1.82, 2.24) is 15.1 Å². The van der Waals surface area contributed by atoms with E-state index in [1.807, 2.05) is 4.90 Å². The van der Waals surface area contributed by atoms with Crippen LogP contribution in [0.25, 0.3) is 0 Å². The summed E-state index contributed by atoms with van der Waals surface area (Å²) in [6.07, 6.45) is 6.00. The second-order valence-corrected chi connectivity index (χ2v) is 6.32. The zero-order chi connectivity index (χ0) is 15.1. The summed E-state index contributed by atoms with van der Waals surface area (Å²) in [6.45, 7) is 7.85. The minimum Gasteiger partial charge on any atom is -0.375 e. The molecule has 0 spiro atoms. The van der Waals surface area contributed by atoms with Crippen molar-refractivity contribution in [2.75, 3.05) is 46.4 Å². The molecule has 5 heteroatoms. The van der Waals surface area contributed by atoms with Gasteiger partial charge in [0.1, 0.15) is 6.61 Å². The van der Waals surface area contributed by atoms with Crippen molar-refractivity contribution in [2.45, 2.75) is 51.1 Å². The topological polar surface area (TPSA) is 44.8 Å². The van der Waals surface area contributed by atoms with E-state index in [2.05, 4.69) is 17.1 Å². The molecule has 0 aromatic rings. The highest BCUT2D eigenvalue weighted by molar-refractivity contribution is 5.77. The number of likely N-dealkylation sites (tertiary alicyclic amines) is 2. The van der Waals surface area contributed by atoms with E-state index in [1.54, 1.807) is 7.11 Å². The molecule has 21 heavy (non-hydrogen) atoms. The number of carbonyl (C=O) groups excluding carboxylic acids is 1. The number of carbonyl (C=O) groups is 1. The zero-order valence-electron chi connectivity index (χ0n) is 13.6. The minimum absolute atomic E-state index is 0.129. The highest BCUT2D eigenvalue weighted by atomic mass is 16.5. The average Bonchev–Trinajstić information content (AvgIpc) is 2.73. The SMILES string of the molecule is CCN1CCCC(NC2CCN(C(=O)COC)CC2)CC1. The van der Waals surface area contributed by atoms with E-state index in [1.165, 1.54) is 38.9 Å². The first-order valence-electron chi connectivity index (χ1n) is 8.48. The number of nitrogens with one attached hydrogen (secondary N) is 1. The molecule has 2 aliphatic rings. The van der Waals surface area contributed by atoms with E-state index < -0.39 is 0 Å². The van der Waals surface area contributed by atoms with Crippen LogP contribution >= 0.6 is 0 Å². The van der Waals surface area contributed by atoms with Gasteiger partial charge in [0.25, 0.3) is 0 Å². The van der Waals surface area contributed by atoms with Gasteiger partial charge in [0.2, 0.25) is 5.91 Å². The van der Waals surface area contributed by atoms with E-state index in [9.17, 15) is 4.79 Å². The van der Waals surface area contributed by atoms with Crippen molar-refractivity contribution in [1.29, 1.82) is 0 Å². The summed E-state index contributed by atoms with van der Waals surface area (Å²) < 4.78 is 4.93. The number of ether oxygens (including phenoxy) is 1. The predicted molar refractivity (Wildman–Crippen MR) is 84.4 cm³/mol. The van der Waals surface area contributed by atoms with E-state index in [4.69, 9.17) is 4.74 Å². The van der Waals surface area contributed by atoms with Crippen LogP contribution in [0.15, 0.2) is 0 Å². The van der Waals surface area contributed by atoms with E-state index in [0.29, 0.717) is 12.1 Å². The molecule has 0 aliphatic carbocycles. The smallest absolute Gasteiger partial charge is 0.248 e. The molecule has 5 nitrogen and oxygen atoms in total. The third kappa shape index (κ3) is 5.24. The molecule has 2 aliphatic heterocycles. The second kappa shape index (κ2) is 8.71. The van der Waals surface area contributed by atoms with Crippen LogP contribution in [-0.4, -0.2) is 74.2 Å². The summed E-state index contributed by atoms with van der Waals surface area (Å²) in [6, 6.07) is 1.24. The Morgan fingerprint density at radius 2 is 1.76 bits per heavy atom. The largest absolute Gasteiger partial charge is 0.375 e. The first-order chi connectivity index (χ1) is 10.2. The van der Waals surface area contributed by atoms with Gasteiger partial charge in [-0.05, 0) is 51.7 Å². The molecule has 2 rings (SSSR count).